The van der Waals surface area contributed by atoms with E-state index >= 15 is 0 Å². The third-order valence-electron chi connectivity index (χ3n) is 8.96. The molecule has 40 heavy (non-hydrogen) atoms. The van der Waals surface area contributed by atoms with Crippen LogP contribution in [0.3, 0.4) is 0 Å². The van der Waals surface area contributed by atoms with Crippen molar-refractivity contribution in [3.8, 4) is 11.1 Å². The average molecular weight is 564 g/mol. The molecule has 1 aromatic carbocycles. The molecule has 3 aromatic rings. The number of benzene rings is 1. The Morgan fingerprint density at radius 2 is 1.90 bits per heavy atom. The van der Waals surface area contributed by atoms with Crippen LogP contribution in [0.1, 0.15) is 48.4 Å². The van der Waals surface area contributed by atoms with Gasteiger partial charge in [-0.25, -0.2) is 14.6 Å². The molecule has 0 spiro atoms. The lowest BCUT2D eigenvalue weighted by Crippen LogP contribution is -2.53. The first-order chi connectivity index (χ1) is 19.4. The number of aromatic nitrogens is 2. The van der Waals surface area contributed by atoms with Crippen LogP contribution in [0.15, 0.2) is 30.6 Å². The summed E-state index contributed by atoms with van der Waals surface area (Å²) in [7, 11) is 0. The molecule has 4 aliphatic heterocycles. The van der Waals surface area contributed by atoms with Crippen LogP contribution in [0, 0.1) is 0 Å². The fourth-order valence-corrected chi connectivity index (χ4v) is 7.19. The summed E-state index contributed by atoms with van der Waals surface area (Å²) in [5, 5.41) is 11.4. The number of ether oxygens (including phenoxy) is 1. The number of fused-ring (bicyclic) bond motifs is 4. The van der Waals surface area contributed by atoms with Crippen LogP contribution in [0.5, 0.6) is 0 Å². The van der Waals surface area contributed by atoms with Crippen molar-refractivity contribution in [3.05, 3.63) is 52.3 Å². The first-order valence-electron chi connectivity index (χ1n) is 13.8. The van der Waals surface area contributed by atoms with Crippen LogP contribution >= 0.6 is 11.6 Å². The van der Waals surface area contributed by atoms with Crippen LogP contribution in [0.2, 0.25) is 5.02 Å². The third kappa shape index (κ3) is 4.21. The van der Waals surface area contributed by atoms with Gasteiger partial charge in [-0.3, -0.25) is 9.69 Å². The highest BCUT2D eigenvalue weighted by Gasteiger charge is 2.45. The monoisotopic (exact) mass is 563 g/mol. The van der Waals surface area contributed by atoms with Crippen LogP contribution in [-0.4, -0.2) is 86.1 Å². The topological polar surface area (TPSA) is 119 Å². The molecular formula is C29H30ClN5O5. The van der Waals surface area contributed by atoms with Gasteiger partial charge in [0.05, 0.1) is 24.3 Å². The van der Waals surface area contributed by atoms with Crippen molar-refractivity contribution in [2.24, 2.45) is 0 Å². The van der Waals surface area contributed by atoms with Crippen molar-refractivity contribution in [1.82, 2.24) is 24.7 Å². The normalized spacial score (nSPS) is 24.5. The minimum absolute atomic E-state index is 0.0149. The van der Waals surface area contributed by atoms with E-state index in [1.54, 1.807) is 12.4 Å². The average Bonchev–Trinajstić information content (AvgIpc) is 3.47. The van der Waals surface area contributed by atoms with Crippen LogP contribution in [-0.2, 0) is 22.5 Å². The number of carbonyl (C=O) groups is 3. The number of hydrogen-bond donors (Lipinski definition) is 2. The van der Waals surface area contributed by atoms with Gasteiger partial charge >= 0.3 is 12.1 Å². The second-order valence-corrected chi connectivity index (χ2v) is 11.6. The van der Waals surface area contributed by atoms with Crippen molar-refractivity contribution in [1.29, 1.82) is 0 Å². The standard InChI is InChI=1S/C29H30ClN5O5/c30-25-13-32-27-23(25)9-18(12-31-27)17-7-16-3-4-33(28(37)35-19-1-2-20(35)11-21(36)10-19)14-24(16)22(8-17)26-15-40-6-5-34(26)29(38)39/h7-9,12-13,19-20,26H,1-6,10-11,14-15H2,(H,31,32)(H,38,39)/t19?,20?,26-/m0/s1. The summed E-state index contributed by atoms with van der Waals surface area (Å²) in [5.41, 5.74) is 5.41. The number of piperidine rings is 1. The molecule has 3 amide bonds. The Bertz CT molecular complexity index is 1520. The highest BCUT2D eigenvalue weighted by Crippen LogP contribution is 2.39. The molecule has 4 aliphatic rings. The Labute approximate surface area is 235 Å². The minimum Gasteiger partial charge on any atom is -0.465 e. The van der Waals surface area contributed by atoms with Gasteiger partial charge < -0.3 is 24.6 Å². The molecule has 2 aromatic heterocycles. The smallest absolute Gasteiger partial charge is 0.407 e. The van der Waals surface area contributed by atoms with E-state index in [1.165, 1.54) is 4.90 Å². The predicted molar refractivity (Wildman–Crippen MR) is 147 cm³/mol. The fourth-order valence-electron chi connectivity index (χ4n) is 6.99. The Morgan fingerprint density at radius 3 is 2.67 bits per heavy atom. The zero-order valence-electron chi connectivity index (χ0n) is 21.9. The summed E-state index contributed by atoms with van der Waals surface area (Å²) in [4.78, 5) is 51.0. The van der Waals surface area contributed by atoms with Crippen molar-refractivity contribution in [3.63, 3.8) is 0 Å². The number of H-pyrrole nitrogens is 1. The molecule has 208 valence electrons. The number of carbonyl (C=O) groups excluding carboxylic acids is 2. The number of nitrogens with one attached hydrogen (secondary N) is 1. The molecular weight excluding hydrogens is 534 g/mol. The van der Waals surface area contributed by atoms with Crippen LogP contribution in [0.4, 0.5) is 9.59 Å². The summed E-state index contributed by atoms with van der Waals surface area (Å²) < 4.78 is 5.77. The van der Waals surface area contributed by atoms with E-state index < -0.39 is 12.1 Å². The first-order valence-corrected chi connectivity index (χ1v) is 14.2. The van der Waals surface area contributed by atoms with Crippen molar-refractivity contribution in [2.45, 2.75) is 56.8 Å². The number of Topliss-reactive ketones (excluding diaryl/α,β-unsaturated/α-hetero) is 1. The Balaban J connectivity index is 1.28. The summed E-state index contributed by atoms with van der Waals surface area (Å²) >= 11 is 6.38. The zero-order valence-corrected chi connectivity index (χ0v) is 22.7. The number of morpholine rings is 1. The van der Waals surface area contributed by atoms with E-state index in [1.807, 2.05) is 21.9 Å². The van der Waals surface area contributed by atoms with Gasteiger partial charge in [0, 0.05) is 67.9 Å². The van der Waals surface area contributed by atoms with Crippen molar-refractivity contribution < 1.29 is 24.2 Å². The molecule has 2 N–H and O–H groups in total. The maximum absolute atomic E-state index is 13.8. The summed E-state index contributed by atoms with van der Waals surface area (Å²) in [6.07, 6.45) is 5.78. The molecule has 3 saturated heterocycles. The first kappa shape index (κ1) is 25.3. The van der Waals surface area contributed by atoms with Gasteiger partial charge in [-0.2, -0.15) is 0 Å². The van der Waals surface area contributed by atoms with Gasteiger partial charge in [-0.15, -0.1) is 0 Å². The molecule has 0 radical (unpaired) electrons. The second kappa shape index (κ2) is 9.78. The molecule has 6 heterocycles. The lowest BCUT2D eigenvalue weighted by molar-refractivity contribution is -0.122. The number of nitrogens with zero attached hydrogens (tertiary/aromatic N) is 4. The molecule has 2 bridgehead atoms. The summed E-state index contributed by atoms with van der Waals surface area (Å²) in [6, 6.07) is 5.60. The Kier molecular flexibility index (Phi) is 6.20. The lowest BCUT2D eigenvalue weighted by Gasteiger charge is -2.41. The lowest BCUT2D eigenvalue weighted by atomic mass is 9.87. The van der Waals surface area contributed by atoms with Crippen molar-refractivity contribution >= 4 is 40.5 Å². The van der Waals surface area contributed by atoms with Gasteiger partial charge in [0.1, 0.15) is 11.4 Å². The van der Waals surface area contributed by atoms with Gasteiger partial charge in [0.2, 0.25) is 0 Å². The second-order valence-electron chi connectivity index (χ2n) is 11.2. The SMILES string of the molecule is O=C1CC2CCC(C1)N2C(=O)N1CCc2cc(-c3cnc4[nH]cc(Cl)c4c3)cc([C@@H]3COCCN3C(=O)O)c2C1. The van der Waals surface area contributed by atoms with E-state index in [4.69, 9.17) is 16.3 Å². The quantitative estimate of drug-likeness (QED) is 0.470. The van der Waals surface area contributed by atoms with Gasteiger partial charge in [0.25, 0.3) is 0 Å². The maximum Gasteiger partial charge on any atom is 0.407 e. The largest absolute Gasteiger partial charge is 0.465 e. The number of hydrogen-bond acceptors (Lipinski definition) is 5. The number of rotatable bonds is 2. The van der Waals surface area contributed by atoms with Gasteiger partial charge in [0.15, 0.2) is 0 Å². The molecule has 3 fully saturated rings. The van der Waals surface area contributed by atoms with E-state index in [2.05, 4.69) is 16.0 Å². The molecule has 7 rings (SSSR count). The highest BCUT2D eigenvalue weighted by atomic mass is 35.5. The highest BCUT2D eigenvalue weighted by molar-refractivity contribution is 6.35. The molecule has 0 saturated carbocycles. The molecule has 3 atom stereocenters. The molecule has 11 heteroatoms. The van der Waals surface area contributed by atoms with E-state index in [9.17, 15) is 19.5 Å². The summed E-state index contributed by atoms with van der Waals surface area (Å²) in [5.74, 6) is 0.245. The number of carboxylic acid groups (broad SMARTS) is 1. The number of halogens is 1. The third-order valence-corrected chi connectivity index (χ3v) is 9.27. The zero-order chi connectivity index (χ0) is 27.5. The Morgan fingerprint density at radius 1 is 1.10 bits per heavy atom. The maximum atomic E-state index is 13.8. The van der Waals surface area contributed by atoms with Crippen LogP contribution in [0.25, 0.3) is 22.2 Å². The Hall–Kier alpha value is -3.63. The number of urea groups is 1. The molecule has 2 unspecified atom stereocenters. The van der Waals surface area contributed by atoms with E-state index in [0.717, 1.165) is 46.0 Å². The number of aromatic amines is 1. The summed E-state index contributed by atoms with van der Waals surface area (Å²) in [6.45, 7) is 1.81. The molecule has 0 aliphatic carbocycles. The predicted octanol–water partition coefficient (Wildman–Crippen LogP) is 4.61. The molecule has 10 nitrogen and oxygen atoms in total. The van der Waals surface area contributed by atoms with Crippen LogP contribution < -0.4 is 0 Å². The van der Waals surface area contributed by atoms with E-state index in [0.29, 0.717) is 49.6 Å². The fraction of sp³-hybridized carbons (Fsp3) is 0.448. The van der Waals surface area contributed by atoms with Gasteiger partial charge in [-0.1, -0.05) is 17.7 Å². The minimum atomic E-state index is -0.993. The van der Waals surface area contributed by atoms with E-state index in [-0.39, 0.29) is 37.0 Å². The van der Waals surface area contributed by atoms with Crippen molar-refractivity contribution in [2.75, 3.05) is 26.3 Å². The number of amides is 3. The number of ketones is 1. The number of pyridine rings is 1. The van der Waals surface area contributed by atoms with Gasteiger partial charge in [-0.05, 0) is 53.6 Å².